The quantitative estimate of drug-likeness (QED) is 0.0508. The van der Waals surface area contributed by atoms with Crippen LogP contribution in [0.5, 0.6) is 5.75 Å². The Morgan fingerprint density at radius 2 is 1.18 bits per heavy atom. The Balaban J connectivity index is 1.99. The summed E-state index contributed by atoms with van der Waals surface area (Å²) >= 11 is 0. The molecule has 0 amide bonds. The van der Waals surface area contributed by atoms with Gasteiger partial charge in [0.05, 0.1) is 13.2 Å². The molecule has 44 heavy (non-hydrogen) atoms. The van der Waals surface area contributed by atoms with Crippen molar-refractivity contribution >= 4 is 11.9 Å². The zero-order valence-electron chi connectivity index (χ0n) is 28.6. The number of aryl methyl sites for hydroxylation is 1. The molecule has 0 saturated carbocycles. The van der Waals surface area contributed by atoms with Gasteiger partial charge in [0.1, 0.15) is 5.75 Å². The van der Waals surface area contributed by atoms with E-state index in [0.29, 0.717) is 25.2 Å². The first kappa shape index (κ1) is 40.1. The lowest BCUT2D eigenvalue weighted by molar-refractivity contribution is -0.144. The van der Waals surface area contributed by atoms with E-state index >= 15 is 0 Å². The monoisotopic (exact) mass is 618 g/mol. The number of aliphatic hydroxyl groups excluding tert-OH is 1. The largest absolute Gasteiger partial charge is 0.466 e. The van der Waals surface area contributed by atoms with Crippen molar-refractivity contribution in [1.29, 1.82) is 0 Å². The topological polar surface area (TPSA) is 76.1 Å². The number of hydrogen-bond donors (Lipinski definition) is 1. The third-order valence-electron chi connectivity index (χ3n) is 8.34. The molecule has 0 saturated heterocycles. The van der Waals surface area contributed by atoms with Crippen LogP contribution in [-0.2, 0) is 20.7 Å². The summed E-state index contributed by atoms with van der Waals surface area (Å²) in [7, 11) is 0. The summed E-state index contributed by atoms with van der Waals surface area (Å²) in [6.07, 6.45) is 25.0. The maximum atomic E-state index is 12.3. The van der Waals surface area contributed by atoms with Crippen LogP contribution in [0.25, 0.3) is 0 Å². The zero-order chi connectivity index (χ0) is 31.9. The van der Waals surface area contributed by atoms with Crippen LogP contribution in [-0.4, -0.2) is 54.8 Å². The number of hydrogen-bond acceptors (Lipinski definition) is 6. The SMILES string of the molecule is CCCCCCCCCOC(=O)CCCCCCCN(CCO)CCCCCCCC(=O)Oc1cccc(CCCCC)c1. The molecule has 6 heteroatoms. The molecule has 0 bridgehead atoms. The number of unbranched alkanes of at least 4 members (excludes halogenated alkanes) is 16. The van der Waals surface area contributed by atoms with Crippen molar-refractivity contribution < 1.29 is 24.2 Å². The second-order valence-electron chi connectivity index (χ2n) is 12.5. The Kier molecular flexibility index (Phi) is 27.1. The molecule has 1 aromatic carbocycles. The Morgan fingerprint density at radius 3 is 1.82 bits per heavy atom. The predicted molar refractivity (Wildman–Crippen MR) is 183 cm³/mol. The predicted octanol–water partition coefficient (Wildman–Crippen LogP) is 9.59. The van der Waals surface area contributed by atoms with Gasteiger partial charge in [-0.25, -0.2) is 0 Å². The second-order valence-corrected chi connectivity index (χ2v) is 12.5. The molecule has 0 radical (unpaired) electrons. The fourth-order valence-corrected chi connectivity index (χ4v) is 5.59. The number of benzene rings is 1. The van der Waals surface area contributed by atoms with Crippen LogP contribution < -0.4 is 4.74 Å². The van der Waals surface area contributed by atoms with Crippen LogP contribution in [0.2, 0.25) is 0 Å². The molecule has 1 N–H and O–H groups in total. The van der Waals surface area contributed by atoms with E-state index < -0.39 is 0 Å². The highest BCUT2D eigenvalue weighted by atomic mass is 16.5. The highest BCUT2D eigenvalue weighted by Crippen LogP contribution is 2.17. The van der Waals surface area contributed by atoms with E-state index in [1.54, 1.807) is 0 Å². The van der Waals surface area contributed by atoms with Crippen LogP contribution in [0.1, 0.15) is 161 Å². The van der Waals surface area contributed by atoms with E-state index in [1.165, 1.54) is 56.9 Å². The normalized spacial score (nSPS) is 11.3. The van der Waals surface area contributed by atoms with Gasteiger partial charge in [-0.1, -0.05) is 116 Å². The van der Waals surface area contributed by atoms with E-state index in [9.17, 15) is 14.7 Å². The standard InChI is InChI=1S/C38H67NO5/c1-3-5-7-8-9-16-22-33-43-37(41)27-18-12-10-14-20-29-39(31-32-40)30-21-15-11-13-19-28-38(42)44-36-26-23-25-35(34-36)24-17-6-4-2/h23,25-26,34,40H,3-22,24,27-33H2,1-2H3. The first-order valence-corrected chi connectivity index (χ1v) is 18.4. The lowest BCUT2D eigenvalue weighted by atomic mass is 10.1. The molecule has 0 aliphatic carbocycles. The van der Waals surface area contributed by atoms with Crippen molar-refractivity contribution in [2.75, 3.05) is 32.8 Å². The van der Waals surface area contributed by atoms with Gasteiger partial charge in [0.2, 0.25) is 0 Å². The molecular formula is C38H67NO5. The molecule has 0 heterocycles. The Hall–Kier alpha value is -1.92. The van der Waals surface area contributed by atoms with Gasteiger partial charge >= 0.3 is 11.9 Å². The summed E-state index contributed by atoms with van der Waals surface area (Å²) in [5.41, 5.74) is 1.24. The molecule has 0 spiro atoms. The number of carbonyl (C=O) groups excluding carboxylic acids is 2. The van der Waals surface area contributed by atoms with E-state index in [1.807, 2.05) is 18.2 Å². The second kappa shape index (κ2) is 29.8. The molecule has 0 atom stereocenters. The highest BCUT2D eigenvalue weighted by molar-refractivity contribution is 5.72. The number of nitrogens with zero attached hydrogens (tertiary/aromatic N) is 1. The summed E-state index contributed by atoms with van der Waals surface area (Å²) in [4.78, 5) is 26.6. The lowest BCUT2D eigenvalue weighted by Gasteiger charge is -2.21. The Morgan fingerprint density at radius 1 is 0.636 bits per heavy atom. The Labute approximate surface area is 270 Å². The van der Waals surface area contributed by atoms with Gasteiger partial charge < -0.3 is 19.5 Å². The molecular weight excluding hydrogens is 550 g/mol. The van der Waals surface area contributed by atoms with Gasteiger partial charge in [-0.05, 0) is 75.7 Å². The number of aliphatic hydroxyl groups is 1. The molecule has 0 fully saturated rings. The van der Waals surface area contributed by atoms with Crippen molar-refractivity contribution in [2.45, 2.75) is 162 Å². The summed E-state index contributed by atoms with van der Waals surface area (Å²) in [6.45, 7) is 7.99. The summed E-state index contributed by atoms with van der Waals surface area (Å²) in [5, 5.41) is 9.46. The van der Waals surface area contributed by atoms with E-state index in [0.717, 1.165) is 103 Å². The zero-order valence-corrected chi connectivity index (χ0v) is 28.6. The van der Waals surface area contributed by atoms with Crippen molar-refractivity contribution in [3.05, 3.63) is 29.8 Å². The maximum Gasteiger partial charge on any atom is 0.311 e. The molecule has 1 aromatic rings. The highest BCUT2D eigenvalue weighted by Gasteiger charge is 2.08. The summed E-state index contributed by atoms with van der Waals surface area (Å²) in [5.74, 6) is 0.495. The summed E-state index contributed by atoms with van der Waals surface area (Å²) < 4.78 is 11.0. The Bertz CT molecular complexity index is 814. The molecule has 0 aliphatic heterocycles. The summed E-state index contributed by atoms with van der Waals surface area (Å²) in [6, 6.07) is 7.96. The van der Waals surface area contributed by atoms with Crippen LogP contribution in [0, 0.1) is 0 Å². The first-order valence-electron chi connectivity index (χ1n) is 18.4. The minimum atomic E-state index is -0.136. The van der Waals surface area contributed by atoms with Crippen molar-refractivity contribution in [1.82, 2.24) is 4.90 Å². The molecule has 0 unspecified atom stereocenters. The van der Waals surface area contributed by atoms with Crippen LogP contribution in [0.3, 0.4) is 0 Å². The number of ether oxygens (including phenoxy) is 2. The molecule has 254 valence electrons. The maximum absolute atomic E-state index is 12.3. The molecule has 1 rings (SSSR count). The minimum absolute atomic E-state index is 0.0381. The molecule has 0 aromatic heterocycles. The molecule has 0 aliphatic rings. The molecule has 6 nitrogen and oxygen atoms in total. The smallest absolute Gasteiger partial charge is 0.311 e. The number of esters is 2. The average Bonchev–Trinajstić information content (AvgIpc) is 3.01. The first-order chi connectivity index (χ1) is 21.6. The number of carbonyl (C=O) groups is 2. The van der Waals surface area contributed by atoms with Crippen molar-refractivity contribution in [2.24, 2.45) is 0 Å². The van der Waals surface area contributed by atoms with Crippen LogP contribution in [0.15, 0.2) is 24.3 Å². The van der Waals surface area contributed by atoms with Crippen molar-refractivity contribution in [3.8, 4) is 5.75 Å². The van der Waals surface area contributed by atoms with Crippen LogP contribution >= 0.6 is 0 Å². The van der Waals surface area contributed by atoms with Crippen LogP contribution in [0.4, 0.5) is 0 Å². The fourth-order valence-electron chi connectivity index (χ4n) is 5.59. The third kappa shape index (κ3) is 24.4. The van der Waals surface area contributed by atoms with E-state index in [-0.39, 0.29) is 18.5 Å². The van der Waals surface area contributed by atoms with Gasteiger partial charge in [-0.2, -0.15) is 0 Å². The van der Waals surface area contributed by atoms with E-state index in [2.05, 4.69) is 24.8 Å². The van der Waals surface area contributed by atoms with Gasteiger partial charge in [0.15, 0.2) is 0 Å². The minimum Gasteiger partial charge on any atom is -0.466 e. The van der Waals surface area contributed by atoms with Gasteiger partial charge in [-0.3, -0.25) is 9.59 Å². The third-order valence-corrected chi connectivity index (χ3v) is 8.34. The lowest BCUT2D eigenvalue weighted by Crippen LogP contribution is -2.29. The van der Waals surface area contributed by atoms with E-state index in [4.69, 9.17) is 9.47 Å². The van der Waals surface area contributed by atoms with Gasteiger partial charge in [-0.15, -0.1) is 0 Å². The fraction of sp³-hybridized carbons (Fsp3) is 0.789. The van der Waals surface area contributed by atoms with Gasteiger partial charge in [0.25, 0.3) is 0 Å². The number of rotatable bonds is 31. The van der Waals surface area contributed by atoms with Crippen molar-refractivity contribution in [3.63, 3.8) is 0 Å². The average molecular weight is 618 g/mol. The van der Waals surface area contributed by atoms with Gasteiger partial charge in [0, 0.05) is 19.4 Å².